The number of nitrogens with zero attached hydrogens (tertiary/aromatic N) is 2. The molecule has 2 aromatic rings. The van der Waals surface area contributed by atoms with E-state index in [2.05, 4.69) is 20.9 Å². The molecule has 4 nitrogen and oxygen atoms in total. The summed E-state index contributed by atoms with van der Waals surface area (Å²) in [5, 5.41) is 0.412. The van der Waals surface area contributed by atoms with Gasteiger partial charge in [-0.3, -0.25) is 0 Å². The van der Waals surface area contributed by atoms with E-state index in [4.69, 9.17) is 11.6 Å². The van der Waals surface area contributed by atoms with Crippen LogP contribution in [0.3, 0.4) is 0 Å². The number of halogens is 2. The standard InChI is InChI=1S/C11H10BrClN2O2S/c1-7-5-9(12)11(6-10(7)13)18(16,17)15-4-3-14-8(15)2/h3-6H,1-2H3. The van der Waals surface area contributed by atoms with E-state index in [1.807, 2.05) is 6.92 Å². The van der Waals surface area contributed by atoms with Crippen molar-refractivity contribution in [1.29, 1.82) is 0 Å². The van der Waals surface area contributed by atoms with Crippen LogP contribution in [-0.2, 0) is 10.0 Å². The first-order valence-electron chi connectivity index (χ1n) is 5.05. The fraction of sp³-hybridized carbons (Fsp3) is 0.182. The monoisotopic (exact) mass is 348 g/mol. The summed E-state index contributed by atoms with van der Waals surface area (Å²) in [4.78, 5) is 4.04. The molecule has 1 aromatic heterocycles. The highest BCUT2D eigenvalue weighted by atomic mass is 79.9. The first-order valence-corrected chi connectivity index (χ1v) is 7.66. The Labute approximate surface area is 119 Å². The van der Waals surface area contributed by atoms with Crippen molar-refractivity contribution >= 4 is 37.6 Å². The fourth-order valence-corrected chi connectivity index (χ4v) is 4.25. The minimum atomic E-state index is -3.67. The third-order valence-electron chi connectivity index (χ3n) is 2.53. The van der Waals surface area contributed by atoms with E-state index >= 15 is 0 Å². The van der Waals surface area contributed by atoms with Crippen molar-refractivity contribution in [1.82, 2.24) is 8.96 Å². The average Bonchev–Trinajstić information content (AvgIpc) is 2.70. The first-order chi connectivity index (χ1) is 8.34. The first kappa shape index (κ1) is 13.6. The molecule has 0 bridgehead atoms. The van der Waals surface area contributed by atoms with E-state index in [-0.39, 0.29) is 4.90 Å². The van der Waals surface area contributed by atoms with Gasteiger partial charge in [0.2, 0.25) is 0 Å². The topological polar surface area (TPSA) is 52.0 Å². The zero-order chi connectivity index (χ0) is 13.5. The van der Waals surface area contributed by atoms with Crippen LogP contribution in [0.4, 0.5) is 0 Å². The molecule has 0 radical (unpaired) electrons. The summed E-state index contributed by atoms with van der Waals surface area (Å²) in [6.45, 7) is 3.44. The quantitative estimate of drug-likeness (QED) is 0.837. The van der Waals surface area contributed by atoms with Gasteiger partial charge in [0.1, 0.15) is 10.7 Å². The molecule has 0 aliphatic heterocycles. The van der Waals surface area contributed by atoms with Gasteiger partial charge in [-0.1, -0.05) is 11.6 Å². The SMILES string of the molecule is Cc1cc(Br)c(S(=O)(=O)n2ccnc2C)cc1Cl. The Morgan fingerprint density at radius 3 is 2.56 bits per heavy atom. The molecule has 0 N–H and O–H groups in total. The van der Waals surface area contributed by atoms with Gasteiger partial charge >= 0.3 is 0 Å². The van der Waals surface area contributed by atoms with Crippen molar-refractivity contribution in [3.05, 3.63) is 45.4 Å². The van der Waals surface area contributed by atoms with Crippen LogP contribution in [0.15, 0.2) is 33.9 Å². The second kappa shape index (κ2) is 4.68. The highest BCUT2D eigenvalue weighted by Crippen LogP contribution is 2.30. The Balaban J connectivity index is 2.70. The second-order valence-electron chi connectivity index (χ2n) is 3.81. The lowest BCUT2D eigenvalue weighted by molar-refractivity contribution is 0.585. The van der Waals surface area contributed by atoms with Crippen molar-refractivity contribution in [3.63, 3.8) is 0 Å². The Hall–Kier alpha value is -0.850. The van der Waals surface area contributed by atoms with E-state index < -0.39 is 10.0 Å². The molecule has 2 rings (SSSR count). The summed E-state index contributed by atoms with van der Waals surface area (Å²) >= 11 is 9.24. The predicted octanol–water partition coefficient (Wildman–Crippen LogP) is 3.15. The molecule has 0 saturated carbocycles. The Morgan fingerprint density at radius 2 is 2.00 bits per heavy atom. The third-order valence-corrected chi connectivity index (χ3v) is 5.66. The zero-order valence-corrected chi connectivity index (χ0v) is 12.8. The van der Waals surface area contributed by atoms with Gasteiger partial charge in [-0.05, 0) is 47.5 Å². The molecule has 0 saturated heterocycles. The van der Waals surface area contributed by atoms with Crippen molar-refractivity contribution < 1.29 is 8.42 Å². The van der Waals surface area contributed by atoms with Gasteiger partial charge in [-0.15, -0.1) is 0 Å². The van der Waals surface area contributed by atoms with Gasteiger partial charge in [0, 0.05) is 21.9 Å². The number of hydrogen-bond acceptors (Lipinski definition) is 3. The van der Waals surface area contributed by atoms with Gasteiger partial charge in [-0.25, -0.2) is 17.4 Å². The molecule has 0 aliphatic rings. The summed E-state index contributed by atoms with van der Waals surface area (Å²) in [6.07, 6.45) is 2.85. The average molecular weight is 350 g/mol. The molecule has 18 heavy (non-hydrogen) atoms. The maximum absolute atomic E-state index is 12.4. The Bertz CT molecular complexity index is 710. The molecule has 0 unspecified atom stereocenters. The highest BCUT2D eigenvalue weighted by molar-refractivity contribution is 9.10. The molecule has 96 valence electrons. The van der Waals surface area contributed by atoms with E-state index in [0.29, 0.717) is 15.3 Å². The summed E-state index contributed by atoms with van der Waals surface area (Å²) in [5.41, 5.74) is 0.810. The van der Waals surface area contributed by atoms with Crippen molar-refractivity contribution in [2.24, 2.45) is 0 Å². The summed E-state index contributed by atoms with van der Waals surface area (Å²) in [7, 11) is -3.67. The van der Waals surface area contributed by atoms with Crippen LogP contribution >= 0.6 is 27.5 Å². The molecular formula is C11H10BrClN2O2S. The number of aryl methyl sites for hydroxylation is 2. The summed E-state index contributed by atoms with van der Waals surface area (Å²) in [5.74, 6) is 0.401. The second-order valence-corrected chi connectivity index (χ2v) is 6.85. The van der Waals surface area contributed by atoms with Crippen LogP contribution in [0.5, 0.6) is 0 Å². The molecule has 0 fully saturated rings. The summed E-state index contributed by atoms with van der Waals surface area (Å²) in [6, 6.07) is 3.12. The molecular weight excluding hydrogens is 340 g/mol. The van der Waals surface area contributed by atoms with Crippen molar-refractivity contribution in [2.75, 3.05) is 0 Å². The number of imidazole rings is 1. The van der Waals surface area contributed by atoms with Crippen molar-refractivity contribution in [3.8, 4) is 0 Å². The molecule has 0 aliphatic carbocycles. The number of aromatic nitrogens is 2. The van der Waals surface area contributed by atoms with Crippen LogP contribution in [0.2, 0.25) is 5.02 Å². The molecule has 0 spiro atoms. The molecule has 0 amide bonds. The molecule has 1 aromatic carbocycles. The minimum absolute atomic E-state index is 0.124. The van der Waals surface area contributed by atoms with Crippen LogP contribution in [0.25, 0.3) is 0 Å². The summed E-state index contributed by atoms with van der Waals surface area (Å²) < 4.78 is 26.5. The van der Waals surface area contributed by atoms with Crippen molar-refractivity contribution in [2.45, 2.75) is 18.7 Å². The smallest absolute Gasteiger partial charge is 0.241 e. The van der Waals surface area contributed by atoms with Gasteiger partial charge in [0.15, 0.2) is 0 Å². The van der Waals surface area contributed by atoms with Crippen LogP contribution in [0, 0.1) is 13.8 Å². The van der Waals surface area contributed by atoms with E-state index in [9.17, 15) is 8.42 Å². The van der Waals surface area contributed by atoms with Crippen LogP contribution < -0.4 is 0 Å². The zero-order valence-electron chi connectivity index (χ0n) is 9.68. The van der Waals surface area contributed by atoms with E-state index in [1.54, 1.807) is 13.0 Å². The van der Waals surface area contributed by atoms with Gasteiger partial charge < -0.3 is 0 Å². The largest absolute Gasteiger partial charge is 0.270 e. The number of benzene rings is 1. The Kier molecular flexibility index (Phi) is 3.53. The van der Waals surface area contributed by atoms with Gasteiger partial charge in [0.05, 0.1) is 0 Å². The minimum Gasteiger partial charge on any atom is -0.241 e. The lowest BCUT2D eigenvalue weighted by Gasteiger charge is -2.10. The lowest BCUT2D eigenvalue weighted by Crippen LogP contribution is -2.14. The third kappa shape index (κ3) is 2.20. The van der Waals surface area contributed by atoms with E-state index in [1.165, 1.54) is 18.5 Å². The Morgan fingerprint density at radius 1 is 1.33 bits per heavy atom. The lowest BCUT2D eigenvalue weighted by atomic mass is 10.2. The van der Waals surface area contributed by atoms with Crippen LogP contribution in [-0.4, -0.2) is 17.4 Å². The molecule has 1 heterocycles. The fourth-order valence-electron chi connectivity index (χ4n) is 1.55. The van der Waals surface area contributed by atoms with Gasteiger partial charge in [0.25, 0.3) is 10.0 Å². The molecule has 0 atom stereocenters. The van der Waals surface area contributed by atoms with Gasteiger partial charge in [-0.2, -0.15) is 0 Å². The maximum atomic E-state index is 12.4. The predicted molar refractivity (Wildman–Crippen MR) is 73.4 cm³/mol. The number of rotatable bonds is 2. The maximum Gasteiger partial charge on any atom is 0.270 e. The normalized spacial score (nSPS) is 11.8. The highest BCUT2D eigenvalue weighted by Gasteiger charge is 2.22. The van der Waals surface area contributed by atoms with Crippen LogP contribution in [0.1, 0.15) is 11.4 Å². The number of hydrogen-bond donors (Lipinski definition) is 0. The van der Waals surface area contributed by atoms with E-state index in [0.717, 1.165) is 9.54 Å². The molecule has 7 heteroatoms.